The fourth-order valence-electron chi connectivity index (χ4n) is 2.97. The number of aryl methyl sites for hydroxylation is 1. The lowest BCUT2D eigenvalue weighted by Crippen LogP contribution is -2.33. The van der Waals surface area contributed by atoms with E-state index in [1.807, 2.05) is 0 Å². The fraction of sp³-hybridized carbons (Fsp3) is 0.667. The molecule has 0 fully saturated rings. The van der Waals surface area contributed by atoms with Gasteiger partial charge in [0, 0.05) is 23.6 Å². The van der Waals surface area contributed by atoms with Crippen molar-refractivity contribution in [1.82, 2.24) is 5.32 Å². The molecular formula is C18H29NO. The molecule has 0 bridgehead atoms. The van der Waals surface area contributed by atoms with Gasteiger partial charge in [0.25, 0.3) is 0 Å². The normalized spacial score (nSPS) is 22.3. The second kappa shape index (κ2) is 5.77. The molecule has 0 spiro atoms. The summed E-state index contributed by atoms with van der Waals surface area (Å²) in [6.45, 7) is 14.4. The highest BCUT2D eigenvalue weighted by atomic mass is 16.5. The van der Waals surface area contributed by atoms with Gasteiger partial charge in [-0.2, -0.15) is 0 Å². The molecule has 1 aromatic carbocycles. The molecule has 112 valence electrons. The molecule has 0 aliphatic carbocycles. The maximum Gasteiger partial charge on any atom is 0.128 e. The summed E-state index contributed by atoms with van der Waals surface area (Å²) >= 11 is 0. The summed E-state index contributed by atoms with van der Waals surface area (Å²) in [4.78, 5) is 0. The molecule has 1 heterocycles. The molecule has 1 aliphatic rings. The Morgan fingerprint density at radius 2 is 2.00 bits per heavy atom. The van der Waals surface area contributed by atoms with Gasteiger partial charge in [-0.25, -0.2) is 0 Å². The SMILES string of the molecule is CCCNC1CC(C)Oc2c1cc(C)cc2C(C)(C)C. The van der Waals surface area contributed by atoms with Gasteiger partial charge in [0.2, 0.25) is 0 Å². The van der Waals surface area contributed by atoms with E-state index < -0.39 is 0 Å². The van der Waals surface area contributed by atoms with Gasteiger partial charge in [0.15, 0.2) is 0 Å². The minimum absolute atomic E-state index is 0.114. The van der Waals surface area contributed by atoms with Crippen molar-refractivity contribution in [2.45, 2.75) is 71.9 Å². The van der Waals surface area contributed by atoms with Gasteiger partial charge in [0.1, 0.15) is 5.75 Å². The quantitative estimate of drug-likeness (QED) is 0.876. The van der Waals surface area contributed by atoms with Crippen LogP contribution in [0.25, 0.3) is 0 Å². The minimum atomic E-state index is 0.114. The highest BCUT2D eigenvalue weighted by Gasteiger charge is 2.31. The zero-order valence-corrected chi connectivity index (χ0v) is 13.8. The minimum Gasteiger partial charge on any atom is -0.490 e. The van der Waals surface area contributed by atoms with E-state index in [-0.39, 0.29) is 11.5 Å². The van der Waals surface area contributed by atoms with Crippen molar-refractivity contribution in [1.29, 1.82) is 0 Å². The molecule has 0 saturated heterocycles. The van der Waals surface area contributed by atoms with Gasteiger partial charge < -0.3 is 10.1 Å². The van der Waals surface area contributed by atoms with Crippen molar-refractivity contribution >= 4 is 0 Å². The molecule has 2 nitrogen and oxygen atoms in total. The van der Waals surface area contributed by atoms with Crippen LogP contribution >= 0.6 is 0 Å². The van der Waals surface area contributed by atoms with E-state index in [1.165, 1.54) is 23.1 Å². The van der Waals surface area contributed by atoms with E-state index in [0.717, 1.165) is 18.7 Å². The lowest BCUT2D eigenvalue weighted by atomic mass is 9.81. The lowest BCUT2D eigenvalue weighted by Gasteiger charge is -2.35. The molecule has 0 aromatic heterocycles. The van der Waals surface area contributed by atoms with Gasteiger partial charge in [-0.05, 0) is 32.2 Å². The number of benzene rings is 1. The first-order chi connectivity index (χ1) is 9.32. The van der Waals surface area contributed by atoms with Crippen molar-refractivity contribution in [2.75, 3.05) is 6.54 Å². The molecule has 2 rings (SSSR count). The maximum absolute atomic E-state index is 6.21. The number of nitrogens with one attached hydrogen (secondary N) is 1. The zero-order chi connectivity index (χ0) is 14.9. The number of fused-ring (bicyclic) bond motifs is 1. The van der Waals surface area contributed by atoms with Crippen molar-refractivity contribution in [3.63, 3.8) is 0 Å². The Hall–Kier alpha value is -1.02. The van der Waals surface area contributed by atoms with Gasteiger partial charge in [-0.15, -0.1) is 0 Å². The van der Waals surface area contributed by atoms with E-state index >= 15 is 0 Å². The Kier molecular flexibility index (Phi) is 4.43. The monoisotopic (exact) mass is 275 g/mol. The van der Waals surface area contributed by atoms with Crippen molar-refractivity contribution < 1.29 is 4.74 Å². The summed E-state index contributed by atoms with van der Waals surface area (Å²) in [6, 6.07) is 5.01. The van der Waals surface area contributed by atoms with Crippen LogP contribution < -0.4 is 10.1 Å². The Morgan fingerprint density at radius 1 is 1.30 bits per heavy atom. The van der Waals surface area contributed by atoms with Crippen LogP contribution in [-0.2, 0) is 5.41 Å². The van der Waals surface area contributed by atoms with Crippen LogP contribution in [0.1, 0.15) is 70.2 Å². The number of hydrogen-bond acceptors (Lipinski definition) is 2. The van der Waals surface area contributed by atoms with E-state index in [2.05, 4.69) is 59.0 Å². The van der Waals surface area contributed by atoms with Crippen LogP contribution in [0, 0.1) is 6.92 Å². The van der Waals surface area contributed by atoms with E-state index in [1.54, 1.807) is 0 Å². The predicted octanol–water partition coefficient (Wildman–Crippen LogP) is 4.50. The molecule has 20 heavy (non-hydrogen) atoms. The van der Waals surface area contributed by atoms with Gasteiger partial charge in [-0.1, -0.05) is 45.4 Å². The first kappa shape index (κ1) is 15.4. The van der Waals surface area contributed by atoms with Crippen LogP contribution in [0.4, 0.5) is 0 Å². The van der Waals surface area contributed by atoms with Crippen molar-refractivity contribution in [3.8, 4) is 5.75 Å². The maximum atomic E-state index is 6.21. The first-order valence-electron chi connectivity index (χ1n) is 7.88. The zero-order valence-electron chi connectivity index (χ0n) is 13.8. The van der Waals surface area contributed by atoms with E-state index in [0.29, 0.717) is 6.04 Å². The standard InChI is InChI=1S/C18H29NO/c1-7-8-19-16-11-13(3)20-17-14(16)9-12(2)10-15(17)18(4,5)6/h9-10,13,16,19H,7-8,11H2,1-6H3. The Labute approximate surface area is 123 Å². The summed E-state index contributed by atoms with van der Waals surface area (Å²) in [5.41, 5.74) is 4.13. The van der Waals surface area contributed by atoms with E-state index in [4.69, 9.17) is 4.74 Å². The van der Waals surface area contributed by atoms with Crippen LogP contribution in [0.15, 0.2) is 12.1 Å². The number of hydrogen-bond donors (Lipinski definition) is 1. The molecule has 0 saturated carbocycles. The summed E-state index contributed by atoms with van der Waals surface area (Å²) in [5, 5.41) is 3.68. The third-order valence-electron chi connectivity index (χ3n) is 3.97. The molecule has 1 aromatic rings. The largest absolute Gasteiger partial charge is 0.490 e. The average Bonchev–Trinajstić information content (AvgIpc) is 2.34. The third kappa shape index (κ3) is 3.17. The van der Waals surface area contributed by atoms with Crippen molar-refractivity contribution in [3.05, 3.63) is 28.8 Å². The van der Waals surface area contributed by atoms with Crippen LogP contribution in [0.3, 0.4) is 0 Å². The summed E-state index contributed by atoms with van der Waals surface area (Å²) < 4.78 is 6.21. The number of ether oxygens (including phenoxy) is 1. The molecule has 0 radical (unpaired) electrons. The highest BCUT2D eigenvalue weighted by Crippen LogP contribution is 2.42. The van der Waals surface area contributed by atoms with Gasteiger partial charge in [-0.3, -0.25) is 0 Å². The topological polar surface area (TPSA) is 21.3 Å². The number of rotatable bonds is 3. The van der Waals surface area contributed by atoms with Crippen LogP contribution in [0.5, 0.6) is 5.75 Å². The molecule has 0 amide bonds. The molecule has 2 atom stereocenters. The Morgan fingerprint density at radius 3 is 2.60 bits per heavy atom. The lowest BCUT2D eigenvalue weighted by molar-refractivity contribution is 0.162. The molecule has 2 heteroatoms. The first-order valence-corrected chi connectivity index (χ1v) is 7.88. The predicted molar refractivity (Wildman–Crippen MR) is 85.6 cm³/mol. The van der Waals surface area contributed by atoms with Gasteiger partial charge in [0.05, 0.1) is 6.10 Å². The molecular weight excluding hydrogens is 246 g/mol. The highest BCUT2D eigenvalue weighted by molar-refractivity contribution is 5.50. The second-order valence-corrected chi connectivity index (χ2v) is 7.15. The molecule has 1 N–H and O–H groups in total. The van der Waals surface area contributed by atoms with Gasteiger partial charge >= 0.3 is 0 Å². The summed E-state index contributed by atoms with van der Waals surface area (Å²) in [6.07, 6.45) is 2.50. The third-order valence-corrected chi connectivity index (χ3v) is 3.97. The van der Waals surface area contributed by atoms with Crippen molar-refractivity contribution in [2.24, 2.45) is 0 Å². The molecule has 1 aliphatic heterocycles. The van der Waals surface area contributed by atoms with Crippen LogP contribution in [-0.4, -0.2) is 12.6 Å². The summed E-state index contributed by atoms with van der Waals surface area (Å²) in [5.74, 6) is 1.12. The summed E-state index contributed by atoms with van der Waals surface area (Å²) in [7, 11) is 0. The fourth-order valence-corrected chi connectivity index (χ4v) is 2.97. The Balaban J connectivity index is 2.48. The van der Waals surface area contributed by atoms with Crippen LogP contribution in [0.2, 0.25) is 0 Å². The average molecular weight is 275 g/mol. The smallest absolute Gasteiger partial charge is 0.128 e. The van der Waals surface area contributed by atoms with E-state index in [9.17, 15) is 0 Å². The molecule has 2 unspecified atom stereocenters. The Bertz CT molecular complexity index is 473. The second-order valence-electron chi connectivity index (χ2n) is 7.15.